The Morgan fingerprint density at radius 2 is 1.67 bits per heavy atom. The van der Waals surface area contributed by atoms with Gasteiger partial charge in [-0.25, -0.2) is 14.4 Å². The highest BCUT2D eigenvalue weighted by molar-refractivity contribution is 6.30. The number of likely N-dealkylation sites (tertiary alicyclic amines) is 1. The zero-order valence-corrected chi connectivity index (χ0v) is 22.7. The normalized spacial score (nSPS) is 14.0. The van der Waals surface area contributed by atoms with Crippen LogP contribution in [0, 0.1) is 5.92 Å². The van der Waals surface area contributed by atoms with E-state index in [4.69, 9.17) is 32.7 Å². The van der Waals surface area contributed by atoms with Crippen LogP contribution in [0.5, 0.6) is 0 Å². The molecule has 11 nitrogen and oxygen atoms in total. The number of hydrogen-bond acceptors (Lipinski definition) is 8. The van der Waals surface area contributed by atoms with E-state index in [0.717, 1.165) is 12.8 Å². The van der Waals surface area contributed by atoms with Crippen molar-refractivity contribution in [2.24, 2.45) is 5.92 Å². The molecule has 0 aliphatic carbocycles. The molecule has 36 heavy (non-hydrogen) atoms. The summed E-state index contributed by atoms with van der Waals surface area (Å²) in [5.41, 5.74) is 0.0761. The van der Waals surface area contributed by atoms with Crippen molar-refractivity contribution in [3.63, 3.8) is 0 Å². The molecule has 0 radical (unpaired) electrons. The Labute approximate surface area is 220 Å². The molecule has 2 aromatic rings. The molecule has 1 aliphatic heterocycles. The summed E-state index contributed by atoms with van der Waals surface area (Å²) in [6.45, 7) is 11.5. The fourth-order valence-corrected chi connectivity index (χ4v) is 3.71. The second-order valence-corrected chi connectivity index (χ2v) is 9.78. The summed E-state index contributed by atoms with van der Waals surface area (Å²) in [5.74, 6) is -0.577. The maximum Gasteiger partial charge on any atom is 0.410 e. The topological polar surface area (TPSA) is 129 Å². The number of esters is 2. The SMILES string of the molecule is CCOC(=O)c1cc(Cl)[nH]n1.CCOC(=O)c1cc(Cl)nn1CC1CCN(C(=O)OC(C)(C)C)CC1. The standard InChI is InChI=1S/C17H26ClN3O4.C6H7ClN2O2/c1-5-24-15(22)13-10-14(18)19-21(13)11-12-6-8-20(9-7-12)16(23)25-17(2,3)4;1-2-11-6(10)4-3-5(7)9-8-4/h10,12H,5-9,11H2,1-4H3;3H,2H2,1H3,(H,8,9). The summed E-state index contributed by atoms with van der Waals surface area (Å²) in [4.78, 5) is 36.7. The zero-order valence-electron chi connectivity index (χ0n) is 21.2. The summed E-state index contributed by atoms with van der Waals surface area (Å²) >= 11 is 11.4. The number of halogens is 2. The summed E-state index contributed by atoms with van der Waals surface area (Å²) in [6.07, 6.45) is 1.36. The molecular weight excluding hydrogens is 513 g/mol. The third kappa shape index (κ3) is 9.34. The number of ether oxygens (including phenoxy) is 3. The van der Waals surface area contributed by atoms with E-state index in [9.17, 15) is 14.4 Å². The van der Waals surface area contributed by atoms with Crippen LogP contribution in [0.4, 0.5) is 4.79 Å². The van der Waals surface area contributed by atoms with Gasteiger partial charge in [-0.15, -0.1) is 0 Å². The predicted molar refractivity (Wildman–Crippen MR) is 133 cm³/mol. The maximum atomic E-state index is 12.1. The summed E-state index contributed by atoms with van der Waals surface area (Å²) < 4.78 is 16.7. The fraction of sp³-hybridized carbons (Fsp3) is 0.609. The molecule has 1 fully saturated rings. The van der Waals surface area contributed by atoms with E-state index in [0.29, 0.717) is 49.6 Å². The minimum absolute atomic E-state index is 0.205. The van der Waals surface area contributed by atoms with E-state index in [1.165, 1.54) is 12.1 Å². The molecule has 0 spiro atoms. The Hall–Kier alpha value is -2.79. The number of aromatic nitrogens is 4. The molecule has 0 bridgehead atoms. The molecule has 0 unspecified atom stereocenters. The molecular formula is C23H33Cl2N5O6. The van der Waals surface area contributed by atoms with Crippen LogP contribution in [0.3, 0.4) is 0 Å². The molecule has 3 rings (SSSR count). The molecule has 13 heteroatoms. The lowest BCUT2D eigenvalue weighted by molar-refractivity contribution is 0.0176. The Morgan fingerprint density at radius 3 is 2.19 bits per heavy atom. The lowest BCUT2D eigenvalue weighted by Crippen LogP contribution is -2.42. The van der Waals surface area contributed by atoms with Crippen molar-refractivity contribution in [1.29, 1.82) is 0 Å². The second kappa shape index (κ2) is 13.5. The molecule has 0 aromatic carbocycles. The highest BCUT2D eigenvalue weighted by atomic mass is 35.5. The van der Waals surface area contributed by atoms with Gasteiger partial charge in [0.2, 0.25) is 0 Å². The number of carbonyl (C=O) groups excluding carboxylic acids is 3. The van der Waals surface area contributed by atoms with Gasteiger partial charge in [-0.05, 0) is 53.4 Å². The number of nitrogens with zero attached hydrogens (tertiary/aromatic N) is 4. The number of carbonyl (C=O) groups is 3. The van der Waals surface area contributed by atoms with Gasteiger partial charge in [0.15, 0.2) is 10.8 Å². The maximum absolute atomic E-state index is 12.1. The summed E-state index contributed by atoms with van der Waals surface area (Å²) in [5, 5.41) is 10.8. The van der Waals surface area contributed by atoms with Crippen LogP contribution in [0.15, 0.2) is 12.1 Å². The lowest BCUT2D eigenvalue weighted by atomic mass is 9.97. The lowest BCUT2D eigenvalue weighted by Gasteiger charge is -2.33. The van der Waals surface area contributed by atoms with Crippen molar-refractivity contribution >= 4 is 41.2 Å². The van der Waals surface area contributed by atoms with Gasteiger partial charge in [-0.1, -0.05) is 23.2 Å². The fourth-order valence-electron chi connectivity index (χ4n) is 3.37. The van der Waals surface area contributed by atoms with E-state index >= 15 is 0 Å². The van der Waals surface area contributed by atoms with E-state index in [2.05, 4.69) is 20.0 Å². The Bertz CT molecular complexity index is 1020. The van der Waals surface area contributed by atoms with Crippen LogP contribution in [0.25, 0.3) is 0 Å². The van der Waals surface area contributed by atoms with Gasteiger partial charge in [-0.3, -0.25) is 9.78 Å². The van der Waals surface area contributed by atoms with Crippen molar-refractivity contribution in [3.8, 4) is 0 Å². The number of piperidine rings is 1. The highest BCUT2D eigenvalue weighted by Crippen LogP contribution is 2.23. The van der Waals surface area contributed by atoms with Crippen molar-refractivity contribution in [2.45, 2.75) is 59.6 Å². The molecule has 2 aromatic heterocycles. The van der Waals surface area contributed by atoms with Gasteiger partial charge >= 0.3 is 18.0 Å². The smallest absolute Gasteiger partial charge is 0.410 e. The molecule has 3 heterocycles. The monoisotopic (exact) mass is 545 g/mol. The number of rotatable bonds is 6. The van der Waals surface area contributed by atoms with Crippen LogP contribution in [-0.4, -0.2) is 74.8 Å². The Kier molecular flexibility index (Phi) is 11.0. The van der Waals surface area contributed by atoms with E-state index in [1.807, 2.05) is 20.8 Å². The second-order valence-electron chi connectivity index (χ2n) is 8.99. The molecule has 0 atom stereocenters. The zero-order chi connectivity index (χ0) is 26.9. The predicted octanol–water partition coefficient (Wildman–Crippen LogP) is 4.60. The number of aromatic amines is 1. The minimum atomic E-state index is -0.492. The Balaban J connectivity index is 0.000000346. The first-order chi connectivity index (χ1) is 16.9. The quantitative estimate of drug-likeness (QED) is 0.411. The van der Waals surface area contributed by atoms with Gasteiger partial charge < -0.3 is 19.1 Å². The van der Waals surface area contributed by atoms with Gasteiger partial charge in [0, 0.05) is 31.8 Å². The van der Waals surface area contributed by atoms with E-state index in [-0.39, 0.29) is 16.9 Å². The molecule has 1 amide bonds. The van der Waals surface area contributed by atoms with E-state index in [1.54, 1.807) is 23.4 Å². The largest absolute Gasteiger partial charge is 0.461 e. The van der Waals surface area contributed by atoms with Gasteiger partial charge in [0.05, 0.1) is 13.2 Å². The number of nitrogens with one attached hydrogen (secondary N) is 1. The van der Waals surface area contributed by atoms with Crippen molar-refractivity contribution in [1.82, 2.24) is 24.9 Å². The summed E-state index contributed by atoms with van der Waals surface area (Å²) in [7, 11) is 0. The minimum Gasteiger partial charge on any atom is -0.461 e. The van der Waals surface area contributed by atoms with Gasteiger partial charge in [0.1, 0.15) is 16.4 Å². The average Bonchev–Trinajstić information content (AvgIpc) is 3.39. The van der Waals surface area contributed by atoms with Crippen molar-refractivity contribution < 1.29 is 28.6 Å². The van der Waals surface area contributed by atoms with Gasteiger partial charge in [-0.2, -0.15) is 10.2 Å². The highest BCUT2D eigenvalue weighted by Gasteiger charge is 2.28. The number of hydrogen-bond donors (Lipinski definition) is 1. The third-order valence-electron chi connectivity index (χ3n) is 4.96. The van der Waals surface area contributed by atoms with Crippen LogP contribution in [-0.2, 0) is 20.8 Å². The first-order valence-corrected chi connectivity index (χ1v) is 12.5. The Morgan fingerprint density at radius 1 is 1.06 bits per heavy atom. The van der Waals surface area contributed by atoms with Gasteiger partial charge in [0.25, 0.3) is 0 Å². The molecule has 1 saturated heterocycles. The van der Waals surface area contributed by atoms with Crippen LogP contribution >= 0.6 is 23.2 Å². The molecule has 1 N–H and O–H groups in total. The first-order valence-electron chi connectivity index (χ1n) is 11.7. The number of H-pyrrole nitrogens is 1. The van der Waals surface area contributed by atoms with Crippen LogP contribution < -0.4 is 0 Å². The van der Waals surface area contributed by atoms with Crippen LogP contribution in [0.1, 0.15) is 68.4 Å². The first kappa shape index (κ1) is 29.4. The summed E-state index contributed by atoms with van der Waals surface area (Å²) in [6, 6.07) is 2.94. The molecule has 1 aliphatic rings. The van der Waals surface area contributed by atoms with Crippen LogP contribution in [0.2, 0.25) is 10.3 Å². The number of amides is 1. The van der Waals surface area contributed by atoms with E-state index < -0.39 is 17.5 Å². The third-order valence-corrected chi connectivity index (χ3v) is 5.34. The average molecular weight is 546 g/mol. The molecule has 0 saturated carbocycles. The molecule has 200 valence electrons. The van der Waals surface area contributed by atoms with Crippen molar-refractivity contribution in [3.05, 3.63) is 33.8 Å². The van der Waals surface area contributed by atoms with Crippen molar-refractivity contribution in [2.75, 3.05) is 26.3 Å².